The van der Waals surface area contributed by atoms with E-state index in [4.69, 9.17) is 0 Å². The fourth-order valence-corrected chi connectivity index (χ4v) is 2.78. The monoisotopic (exact) mass is 288 g/mol. The van der Waals surface area contributed by atoms with E-state index in [-0.39, 0.29) is 24.3 Å². The van der Waals surface area contributed by atoms with Crippen LogP contribution in [0, 0.1) is 0 Å². The number of benzene rings is 1. The highest BCUT2D eigenvalue weighted by molar-refractivity contribution is 5.97. The molecule has 4 heteroatoms. The van der Waals surface area contributed by atoms with E-state index in [1.54, 1.807) is 4.90 Å². The molecule has 0 atom stereocenters. The lowest BCUT2D eigenvalue weighted by Gasteiger charge is -2.21. The molecule has 1 aromatic carbocycles. The standard InChI is InChI=1S/C17H24N2O2/c1-2-19(13-14-8-4-3-5-9-14)17(21)12-16(20)18-15-10-6-7-11-15/h3-5,8-9,15H,2,6-7,10-13H2,1H3,(H,18,20). The van der Waals surface area contributed by atoms with Crippen molar-refractivity contribution in [3.8, 4) is 0 Å². The minimum absolute atomic E-state index is 0.0445. The van der Waals surface area contributed by atoms with Crippen LogP contribution in [0.3, 0.4) is 0 Å². The Morgan fingerprint density at radius 3 is 2.48 bits per heavy atom. The summed E-state index contributed by atoms with van der Waals surface area (Å²) < 4.78 is 0. The van der Waals surface area contributed by atoms with Gasteiger partial charge in [-0.2, -0.15) is 0 Å². The van der Waals surface area contributed by atoms with Gasteiger partial charge in [-0.3, -0.25) is 9.59 Å². The van der Waals surface area contributed by atoms with Crippen LogP contribution in [0.25, 0.3) is 0 Å². The van der Waals surface area contributed by atoms with Gasteiger partial charge in [-0.15, -0.1) is 0 Å². The Morgan fingerprint density at radius 2 is 1.86 bits per heavy atom. The summed E-state index contributed by atoms with van der Waals surface area (Å²) in [6.07, 6.45) is 4.39. The Bertz CT molecular complexity index is 467. The highest BCUT2D eigenvalue weighted by atomic mass is 16.2. The summed E-state index contributed by atoms with van der Waals surface area (Å²) in [6, 6.07) is 10.1. The summed E-state index contributed by atoms with van der Waals surface area (Å²) in [5.41, 5.74) is 1.09. The number of amides is 2. The average Bonchev–Trinajstić information content (AvgIpc) is 2.98. The van der Waals surface area contributed by atoms with Crippen LogP contribution in [0.15, 0.2) is 30.3 Å². The van der Waals surface area contributed by atoms with Crippen LogP contribution in [0.2, 0.25) is 0 Å². The molecule has 2 amide bonds. The van der Waals surface area contributed by atoms with Crippen molar-refractivity contribution < 1.29 is 9.59 Å². The lowest BCUT2D eigenvalue weighted by atomic mass is 10.2. The first kappa shape index (κ1) is 15.5. The van der Waals surface area contributed by atoms with Crippen molar-refractivity contribution >= 4 is 11.8 Å². The summed E-state index contributed by atoms with van der Waals surface area (Å²) in [5, 5.41) is 2.97. The van der Waals surface area contributed by atoms with Gasteiger partial charge in [-0.05, 0) is 25.3 Å². The Hall–Kier alpha value is -1.84. The van der Waals surface area contributed by atoms with Crippen molar-refractivity contribution in [2.24, 2.45) is 0 Å². The number of hydrogen-bond donors (Lipinski definition) is 1. The topological polar surface area (TPSA) is 49.4 Å². The lowest BCUT2D eigenvalue weighted by molar-refractivity contribution is -0.136. The van der Waals surface area contributed by atoms with Gasteiger partial charge in [-0.25, -0.2) is 0 Å². The molecule has 0 spiro atoms. The smallest absolute Gasteiger partial charge is 0.232 e. The van der Waals surface area contributed by atoms with Crippen LogP contribution >= 0.6 is 0 Å². The minimum Gasteiger partial charge on any atom is -0.353 e. The summed E-state index contributed by atoms with van der Waals surface area (Å²) in [5.74, 6) is -0.240. The summed E-state index contributed by atoms with van der Waals surface area (Å²) in [6.45, 7) is 3.12. The van der Waals surface area contributed by atoms with Crippen molar-refractivity contribution in [2.75, 3.05) is 6.54 Å². The second kappa shape index (κ2) is 7.81. The molecular formula is C17H24N2O2. The molecule has 1 aliphatic carbocycles. The first-order valence-electron chi connectivity index (χ1n) is 7.80. The quantitative estimate of drug-likeness (QED) is 0.818. The van der Waals surface area contributed by atoms with Gasteiger partial charge < -0.3 is 10.2 Å². The van der Waals surface area contributed by atoms with E-state index in [1.165, 1.54) is 12.8 Å². The van der Waals surface area contributed by atoms with Crippen LogP contribution in [-0.4, -0.2) is 29.3 Å². The maximum Gasteiger partial charge on any atom is 0.232 e. The number of hydrogen-bond acceptors (Lipinski definition) is 2. The molecule has 0 heterocycles. The lowest BCUT2D eigenvalue weighted by Crippen LogP contribution is -2.38. The minimum atomic E-state index is -0.140. The molecule has 1 saturated carbocycles. The number of rotatable bonds is 6. The highest BCUT2D eigenvalue weighted by Crippen LogP contribution is 2.17. The van der Waals surface area contributed by atoms with Crippen LogP contribution in [0.4, 0.5) is 0 Å². The molecule has 0 radical (unpaired) electrons. The van der Waals surface area contributed by atoms with Gasteiger partial charge >= 0.3 is 0 Å². The Morgan fingerprint density at radius 1 is 1.19 bits per heavy atom. The zero-order valence-electron chi connectivity index (χ0n) is 12.7. The van der Waals surface area contributed by atoms with Gasteiger partial charge in [0.1, 0.15) is 6.42 Å². The van der Waals surface area contributed by atoms with Crippen LogP contribution in [-0.2, 0) is 16.1 Å². The van der Waals surface area contributed by atoms with E-state index >= 15 is 0 Å². The van der Waals surface area contributed by atoms with Crippen molar-refractivity contribution in [3.63, 3.8) is 0 Å². The molecule has 1 aromatic rings. The molecule has 0 saturated heterocycles. The van der Waals surface area contributed by atoms with Crippen molar-refractivity contribution in [3.05, 3.63) is 35.9 Å². The van der Waals surface area contributed by atoms with E-state index < -0.39 is 0 Å². The maximum atomic E-state index is 12.2. The molecule has 0 aliphatic heterocycles. The first-order chi connectivity index (χ1) is 10.2. The fourth-order valence-electron chi connectivity index (χ4n) is 2.78. The first-order valence-corrected chi connectivity index (χ1v) is 7.80. The summed E-state index contributed by atoms with van der Waals surface area (Å²) >= 11 is 0. The van der Waals surface area contributed by atoms with Gasteiger partial charge in [0, 0.05) is 19.1 Å². The SMILES string of the molecule is CCN(Cc1ccccc1)C(=O)CC(=O)NC1CCCC1. The van der Waals surface area contributed by atoms with E-state index in [9.17, 15) is 9.59 Å². The largest absolute Gasteiger partial charge is 0.353 e. The Kier molecular flexibility index (Phi) is 5.78. The maximum absolute atomic E-state index is 12.2. The van der Waals surface area contributed by atoms with Crippen molar-refractivity contribution in [2.45, 2.75) is 51.6 Å². The molecule has 21 heavy (non-hydrogen) atoms. The van der Waals surface area contributed by atoms with E-state index in [1.807, 2.05) is 37.3 Å². The van der Waals surface area contributed by atoms with Crippen LogP contribution < -0.4 is 5.32 Å². The zero-order valence-corrected chi connectivity index (χ0v) is 12.7. The van der Waals surface area contributed by atoms with Gasteiger partial charge in [-0.1, -0.05) is 43.2 Å². The Balaban J connectivity index is 1.83. The highest BCUT2D eigenvalue weighted by Gasteiger charge is 2.20. The molecule has 0 aromatic heterocycles. The molecular weight excluding hydrogens is 264 g/mol. The molecule has 2 rings (SSSR count). The van der Waals surface area contributed by atoms with Crippen molar-refractivity contribution in [1.82, 2.24) is 10.2 Å². The van der Waals surface area contributed by atoms with Gasteiger partial charge in [0.25, 0.3) is 0 Å². The number of nitrogens with zero attached hydrogens (tertiary/aromatic N) is 1. The molecule has 1 N–H and O–H groups in total. The van der Waals surface area contributed by atoms with Gasteiger partial charge in [0.05, 0.1) is 0 Å². The third-order valence-corrected chi connectivity index (χ3v) is 3.98. The summed E-state index contributed by atoms with van der Waals surface area (Å²) in [4.78, 5) is 25.9. The normalized spacial score (nSPS) is 14.9. The van der Waals surface area contributed by atoms with E-state index in [0.717, 1.165) is 18.4 Å². The molecule has 0 bridgehead atoms. The number of nitrogens with one attached hydrogen (secondary N) is 1. The van der Waals surface area contributed by atoms with Gasteiger partial charge in [0.2, 0.25) is 11.8 Å². The molecule has 1 aliphatic rings. The van der Waals surface area contributed by atoms with Crippen molar-refractivity contribution in [1.29, 1.82) is 0 Å². The number of carbonyl (C=O) groups excluding carboxylic acids is 2. The second-order valence-electron chi connectivity index (χ2n) is 5.62. The van der Waals surface area contributed by atoms with E-state index in [0.29, 0.717) is 13.1 Å². The zero-order chi connectivity index (χ0) is 15.1. The third-order valence-electron chi connectivity index (χ3n) is 3.98. The molecule has 4 nitrogen and oxygen atoms in total. The third kappa shape index (κ3) is 4.88. The summed E-state index contributed by atoms with van der Waals surface area (Å²) in [7, 11) is 0. The predicted molar refractivity (Wildman–Crippen MR) is 82.5 cm³/mol. The second-order valence-corrected chi connectivity index (χ2v) is 5.62. The number of carbonyl (C=O) groups is 2. The molecule has 1 fully saturated rings. The fraction of sp³-hybridized carbons (Fsp3) is 0.529. The molecule has 114 valence electrons. The van der Waals surface area contributed by atoms with Crippen LogP contribution in [0.5, 0.6) is 0 Å². The average molecular weight is 288 g/mol. The van der Waals surface area contributed by atoms with Gasteiger partial charge in [0.15, 0.2) is 0 Å². The molecule has 0 unspecified atom stereocenters. The van der Waals surface area contributed by atoms with Crippen LogP contribution in [0.1, 0.15) is 44.6 Å². The Labute approximate surface area is 126 Å². The predicted octanol–water partition coefficient (Wildman–Crippen LogP) is 2.48. The van der Waals surface area contributed by atoms with E-state index in [2.05, 4.69) is 5.32 Å².